The van der Waals surface area contributed by atoms with E-state index < -0.39 is 0 Å². The van der Waals surface area contributed by atoms with Crippen molar-refractivity contribution in [1.82, 2.24) is 10.3 Å². The van der Waals surface area contributed by atoms with E-state index in [9.17, 15) is 0 Å². The molecule has 21 heavy (non-hydrogen) atoms. The Morgan fingerprint density at radius 3 is 2.76 bits per heavy atom. The minimum absolute atomic E-state index is 0.288. The van der Waals surface area contributed by atoms with Gasteiger partial charge in [0.25, 0.3) is 0 Å². The predicted molar refractivity (Wildman–Crippen MR) is 83.7 cm³/mol. The zero-order valence-electron chi connectivity index (χ0n) is 12.8. The molecule has 112 valence electrons. The van der Waals surface area contributed by atoms with Gasteiger partial charge >= 0.3 is 0 Å². The first kappa shape index (κ1) is 15.3. The van der Waals surface area contributed by atoms with Crippen molar-refractivity contribution in [2.75, 3.05) is 13.7 Å². The number of hydrogen-bond donors (Lipinski definition) is 1. The van der Waals surface area contributed by atoms with Gasteiger partial charge in [0.2, 0.25) is 0 Å². The van der Waals surface area contributed by atoms with Gasteiger partial charge in [0.05, 0.1) is 7.11 Å². The van der Waals surface area contributed by atoms with E-state index in [-0.39, 0.29) is 6.04 Å². The minimum atomic E-state index is 0.288. The minimum Gasteiger partial charge on any atom is -0.493 e. The summed E-state index contributed by atoms with van der Waals surface area (Å²) in [7, 11) is 1.66. The summed E-state index contributed by atoms with van der Waals surface area (Å²) in [5, 5.41) is 3.39. The van der Waals surface area contributed by atoms with Gasteiger partial charge in [0.15, 0.2) is 11.5 Å². The summed E-state index contributed by atoms with van der Waals surface area (Å²) in [5.41, 5.74) is 2.21. The van der Waals surface area contributed by atoms with Crippen LogP contribution >= 0.6 is 0 Å². The van der Waals surface area contributed by atoms with Crippen LogP contribution in [-0.4, -0.2) is 18.6 Å². The van der Waals surface area contributed by atoms with E-state index in [2.05, 4.69) is 30.2 Å². The Balaban J connectivity index is 2.09. The third kappa shape index (κ3) is 4.20. The molecule has 1 atom stereocenters. The second-order valence-corrected chi connectivity index (χ2v) is 4.84. The molecule has 0 bridgehead atoms. The van der Waals surface area contributed by atoms with Gasteiger partial charge in [-0.2, -0.15) is 0 Å². The molecule has 4 nitrogen and oxygen atoms in total. The number of benzene rings is 1. The fourth-order valence-corrected chi connectivity index (χ4v) is 2.14. The summed E-state index contributed by atoms with van der Waals surface area (Å²) >= 11 is 0. The first-order valence-corrected chi connectivity index (χ1v) is 7.17. The highest BCUT2D eigenvalue weighted by Crippen LogP contribution is 2.30. The summed E-state index contributed by atoms with van der Waals surface area (Å²) < 4.78 is 11.3. The Labute approximate surface area is 126 Å². The van der Waals surface area contributed by atoms with Crippen molar-refractivity contribution in [3.05, 3.63) is 53.9 Å². The smallest absolute Gasteiger partial charge is 0.161 e. The second-order valence-electron chi connectivity index (χ2n) is 4.84. The average Bonchev–Trinajstić information content (AvgIpc) is 2.54. The number of rotatable bonds is 7. The number of hydrogen-bond acceptors (Lipinski definition) is 4. The molecule has 4 heteroatoms. The number of pyridine rings is 1. The molecule has 0 aliphatic carbocycles. The molecule has 1 heterocycles. The summed E-state index contributed by atoms with van der Waals surface area (Å²) in [6, 6.07) is 10.2. The van der Waals surface area contributed by atoms with E-state index in [4.69, 9.17) is 9.47 Å². The number of nitrogens with zero attached hydrogens (tertiary/aromatic N) is 1. The van der Waals surface area contributed by atoms with E-state index in [1.165, 1.54) is 5.56 Å². The van der Waals surface area contributed by atoms with Gasteiger partial charge in [0.1, 0.15) is 6.61 Å². The van der Waals surface area contributed by atoms with Crippen LogP contribution in [0.2, 0.25) is 0 Å². The molecule has 1 N–H and O–H groups in total. The largest absolute Gasteiger partial charge is 0.493 e. The lowest BCUT2D eigenvalue weighted by Crippen LogP contribution is -2.17. The summed E-state index contributed by atoms with van der Waals surface area (Å²) in [4.78, 5) is 4.08. The van der Waals surface area contributed by atoms with Crippen molar-refractivity contribution in [2.45, 2.75) is 26.5 Å². The summed E-state index contributed by atoms with van der Waals surface area (Å²) in [5.74, 6) is 1.50. The van der Waals surface area contributed by atoms with Crippen molar-refractivity contribution in [2.24, 2.45) is 0 Å². The van der Waals surface area contributed by atoms with Crippen molar-refractivity contribution >= 4 is 0 Å². The van der Waals surface area contributed by atoms with Crippen LogP contribution in [0.15, 0.2) is 42.7 Å². The normalized spacial score (nSPS) is 12.0. The van der Waals surface area contributed by atoms with Crippen molar-refractivity contribution in [1.29, 1.82) is 0 Å². The van der Waals surface area contributed by atoms with Gasteiger partial charge in [-0.05, 0) is 37.2 Å². The lowest BCUT2D eigenvalue weighted by Gasteiger charge is -2.16. The highest BCUT2D eigenvalue weighted by molar-refractivity contribution is 5.43. The number of aromatic nitrogens is 1. The maximum Gasteiger partial charge on any atom is 0.161 e. The van der Waals surface area contributed by atoms with Crippen LogP contribution in [0.4, 0.5) is 0 Å². The fraction of sp³-hybridized carbons (Fsp3) is 0.353. The second kappa shape index (κ2) is 7.64. The Kier molecular flexibility index (Phi) is 5.58. The Bertz CT molecular complexity index is 558. The predicted octanol–water partition coefficient (Wildman–Crippen LogP) is 3.34. The van der Waals surface area contributed by atoms with Crippen LogP contribution in [0.5, 0.6) is 11.5 Å². The molecule has 0 amide bonds. The van der Waals surface area contributed by atoms with Crippen molar-refractivity contribution in [3.63, 3.8) is 0 Å². The molecule has 2 rings (SSSR count). The molecule has 2 aromatic rings. The van der Waals surface area contributed by atoms with E-state index in [0.717, 1.165) is 23.6 Å². The van der Waals surface area contributed by atoms with Crippen LogP contribution < -0.4 is 14.8 Å². The lowest BCUT2D eigenvalue weighted by atomic mass is 10.1. The summed E-state index contributed by atoms with van der Waals surface area (Å²) in [6.45, 7) is 5.64. The van der Waals surface area contributed by atoms with E-state index >= 15 is 0 Å². The first-order chi connectivity index (χ1) is 10.2. The molecule has 0 radical (unpaired) electrons. The van der Waals surface area contributed by atoms with E-state index in [1.54, 1.807) is 19.5 Å². The van der Waals surface area contributed by atoms with Gasteiger partial charge < -0.3 is 14.8 Å². The van der Waals surface area contributed by atoms with Gasteiger partial charge in [-0.15, -0.1) is 0 Å². The monoisotopic (exact) mass is 286 g/mol. The molecule has 0 spiro atoms. The molecular formula is C17H22N2O2. The lowest BCUT2D eigenvalue weighted by molar-refractivity contribution is 0.284. The summed E-state index contributed by atoms with van der Waals surface area (Å²) in [6.07, 6.45) is 3.55. The average molecular weight is 286 g/mol. The number of nitrogens with one attached hydrogen (secondary N) is 1. The molecular weight excluding hydrogens is 264 g/mol. The molecule has 0 saturated carbocycles. The molecule has 0 aliphatic rings. The van der Waals surface area contributed by atoms with E-state index in [1.807, 2.05) is 24.3 Å². The zero-order valence-corrected chi connectivity index (χ0v) is 12.8. The quantitative estimate of drug-likeness (QED) is 0.847. The number of methoxy groups -OCH3 is 1. The SMILES string of the molecule is CCNC(C)c1ccc(OCc2cccnc2)c(OC)c1. The van der Waals surface area contributed by atoms with Crippen LogP contribution in [0.1, 0.15) is 31.0 Å². The standard InChI is InChI=1S/C17H22N2O2/c1-4-19-13(2)15-7-8-16(17(10-15)20-3)21-12-14-6-5-9-18-11-14/h5-11,13,19H,4,12H2,1-3H3. The topological polar surface area (TPSA) is 43.4 Å². The first-order valence-electron chi connectivity index (χ1n) is 7.17. The molecule has 1 unspecified atom stereocenters. The van der Waals surface area contributed by atoms with Crippen LogP contribution in [0, 0.1) is 0 Å². The van der Waals surface area contributed by atoms with Crippen LogP contribution in [-0.2, 0) is 6.61 Å². The molecule has 0 saturated heterocycles. The third-order valence-electron chi connectivity index (χ3n) is 3.32. The Morgan fingerprint density at radius 2 is 2.10 bits per heavy atom. The molecule has 0 aliphatic heterocycles. The fourth-order valence-electron chi connectivity index (χ4n) is 2.14. The van der Waals surface area contributed by atoms with Crippen molar-refractivity contribution < 1.29 is 9.47 Å². The van der Waals surface area contributed by atoms with Crippen molar-refractivity contribution in [3.8, 4) is 11.5 Å². The maximum absolute atomic E-state index is 5.82. The van der Waals surface area contributed by atoms with Crippen LogP contribution in [0.3, 0.4) is 0 Å². The van der Waals surface area contributed by atoms with Crippen LogP contribution in [0.25, 0.3) is 0 Å². The third-order valence-corrected chi connectivity index (χ3v) is 3.32. The highest BCUT2D eigenvalue weighted by atomic mass is 16.5. The Morgan fingerprint density at radius 1 is 1.24 bits per heavy atom. The van der Waals surface area contributed by atoms with Gasteiger partial charge in [-0.3, -0.25) is 4.98 Å². The highest BCUT2D eigenvalue weighted by Gasteiger charge is 2.10. The van der Waals surface area contributed by atoms with Gasteiger partial charge in [-0.1, -0.05) is 19.1 Å². The van der Waals surface area contributed by atoms with E-state index in [0.29, 0.717) is 6.61 Å². The molecule has 1 aromatic carbocycles. The Hall–Kier alpha value is -2.07. The zero-order chi connectivity index (χ0) is 15.1. The maximum atomic E-state index is 5.82. The molecule has 0 fully saturated rings. The van der Waals surface area contributed by atoms with Gasteiger partial charge in [0, 0.05) is 24.0 Å². The molecule has 1 aromatic heterocycles. The van der Waals surface area contributed by atoms with Gasteiger partial charge in [-0.25, -0.2) is 0 Å². The number of ether oxygens (including phenoxy) is 2.